The van der Waals surface area contributed by atoms with Crippen molar-refractivity contribution in [1.82, 2.24) is 14.9 Å². The number of alkyl halides is 1. The number of nitrogens with zero attached hydrogens (tertiary/aromatic N) is 3. The summed E-state index contributed by atoms with van der Waals surface area (Å²) in [4.78, 5) is 22.8. The van der Waals surface area contributed by atoms with Crippen LogP contribution in [0.4, 0.5) is 4.39 Å². The van der Waals surface area contributed by atoms with Crippen molar-refractivity contribution in [3.05, 3.63) is 51.6 Å². The van der Waals surface area contributed by atoms with Crippen molar-refractivity contribution >= 4 is 39.8 Å². The molecule has 3 aromatic rings. The Morgan fingerprint density at radius 1 is 1.38 bits per heavy atom. The van der Waals surface area contributed by atoms with E-state index in [4.69, 9.17) is 16.3 Å². The van der Waals surface area contributed by atoms with Gasteiger partial charge in [0.1, 0.15) is 11.9 Å². The van der Waals surface area contributed by atoms with Crippen molar-refractivity contribution in [2.45, 2.75) is 31.9 Å². The Morgan fingerprint density at radius 2 is 2.18 bits per heavy atom. The van der Waals surface area contributed by atoms with Gasteiger partial charge in [-0.1, -0.05) is 17.5 Å². The topological polar surface area (TPSA) is 75.6 Å². The first-order chi connectivity index (χ1) is 16.4. The van der Waals surface area contributed by atoms with E-state index in [9.17, 15) is 9.90 Å². The third kappa shape index (κ3) is 5.33. The zero-order valence-corrected chi connectivity index (χ0v) is 20.3. The molecule has 1 N–H and O–H groups in total. The zero-order valence-electron chi connectivity index (χ0n) is 18.8. The number of thiazole rings is 1. The summed E-state index contributed by atoms with van der Waals surface area (Å²) < 4.78 is 20.8. The molecule has 34 heavy (non-hydrogen) atoms. The Morgan fingerprint density at radius 3 is 2.85 bits per heavy atom. The Labute approximate surface area is 206 Å². The van der Waals surface area contributed by atoms with Gasteiger partial charge in [0.2, 0.25) is 0 Å². The number of rotatable bonds is 7. The molecular formula is C25H25ClFN3O3S. The second-order valence-electron chi connectivity index (χ2n) is 8.41. The highest BCUT2D eigenvalue weighted by Crippen LogP contribution is 2.42. The molecule has 1 fully saturated rings. The number of aliphatic carboxylic acids is 1. The number of aromatic nitrogens is 2. The summed E-state index contributed by atoms with van der Waals surface area (Å²) in [5.41, 5.74) is -0.0136. The smallest absolute Gasteiger partial charge is 0.309 e. The minimum Gasteiger partial charge on any atom is -0.497 e. The molecular weight excluding hydrogens is 477 g/mol. The number of piperidine rings is 1. The SMILES string of the molecule is COc1ccc2ncc(Cl)c([C@@H](F)CCC3(C(=O)O)CCN(CC#Cc4nccs4)CC3)c2c1. The number of carboxylic acids is 1. The number of hydrogen-bond donors (Lipinski definition) is 1. The monoisotopic (exact) mass is 501 g/mol. The lowest BCUT2D eigenvalue weighted by Gasteiger charge is -2.38. The van der Waals surface area contributed by atoms with Gasteiger partial charge in [-0.25, -0.2) is 9.37 Å². The predicted octanol–water partition coefficient (Wildman–Crippen LogP) is 5.36. The number of halogens is 2. The van der Waals surface area contributed by atoms with Crippen molar-refractivity contribution in [3.8, 4) is 17.6 Å². The molecule has 1 aliphatic heterocycles. The number of carbonyl (C=O) groups is 1. The fourth-order valence-corrected chi connectivity index (χ4v) is 5.16. The average Bonchev–Trinajstić information content (AvgIpc) is 3.36. The molecule has 178 valence electrons. The lowest BCUT2D eigenvalue weighted by atomic mass is 9.74. The fourth-order valence-electron chi connectivity index (χ4n) is 4.38. The van der Waals surface area contributed by atoms with Crippen LogP contribution < -0.4 is 4.74 Å². The molecule has 0 bridgehead atoms. The number of pyridine rings is 1. The standard InChI is InChI=1S/C25H25ClFN3O3S/c1-33-17-4-5-21-18(15-17)23(19(26)16-29-21)20(27)6-7-25(24(31)32)8-12-30(13-9-25)11-2-3-22-28-10-14-34-22/h4-5,10,14-16,20H,6-9,11-13H2,1H3,(H,31,32)/t20-/m0/s1. The second-order valence-corrected chi connectivity index (χ2v) is 9.71. The van der Waals surface area contributed by atoms with Gasteiger partial charge in [0, 0.05) is 41.8 Å². The van der Waals surface area contributed by atoms with Crippen LogP contribution in [0.5, 0.6) is 5.75 Å². The van der Waals surface area contributed by atoms with Crippen LogP contribution in [0.2, 0.25) is 5.02 Å². The van der Waals surface area contributed by atoms with Gasteiger partial charge in [-0.3, -0.25) is 14.7 Å². The summed E-state index contributed by atoms with van der Waals surface area (Å²) in [6, 6.07) is 5.23. The van der Waals surface area contributed by atoms with Crippen molar-refractivity contribution in [2.24, 2.45) is 5.41 Å². The van der Waals surface area contributed by atoms with E-state index in [1.807, 2.05) is 5.38 Å². The van der Waals surface area contributed by atoms with Gasteiger partial charge in [-0.05, 0) is 49.8 Å². The molecule has 6 nitrogen and oxygen atoms in total. The normalized spacial score (nSPS) is 16.6. The van der Waals surface area contributed by atoms with E-state index in [-0.39, 0.29) is 17.9 Å². The van der Waals surface area contributed by atoms with Gasteiger partial charge in [0.05, 0.1) is 29.6 Å². The molecule has 1 aliphatic rings. The Bertz CT molecular complexity index is 1220. The number of carboxylic acid groups (broad SMARTS) is 1. The second kappa shape index (κ2) is 10.7. The van der Waals surface area contributed by atoms with Gasteiger partial charge in [0.25, 0.3) is 0 Å². The molecule has 1 aromatic carbocycles. The van der Waals surface area contributed by atoms with Crippen LogP contribution in [0.15, 0.2) is 36.0 Å². The van der Waals surface area contributed by atoms with Gasteiger partial charge in [0.15, 0.2) is 5.01 Å². The third-order valence-corrected chi connectivity index (χ3v) is 7.44. The lowest BCUT2D eigenvalue weighted by Crippen LogP contribution is -2.44. The summed E-state index contributed by atoms with van der Waals surface area (Å²) in [7, 11) is 1.54. The van der Waals surface area contributed by atoms with E-state index in [0.29, 0.717) is 54.7 Å². The van der Waals surface area contributed by atoms with Gasteiger partial charge in [-0.2, -0.15) is 0 Å². The molecule has 3 heterocycles. The molecule has 0 spiro atoms. The molecule has 1 saturated heterocycles. The summed E-state index contributed by atoms with van der Waals surface area (Å²) in [5.74, 6) is 5.84. The minimum atomic E-state index is -1.41. The number of fused-ring (bicyclic) bond motifs is 1. The molecule has 0 aliphatic carbocycles. The van der Waals surface area contributed by atoms with Crippen LogP contribution in [0, 0.1) is 17.3 Å². The molecule has 0 radical (unpaired) electrons. The van der Waals surface area contributed by atoms with E-state index < -0.39 is 17.6 Å². The highest BCUT2D eigenvalue weighted by Gasteiger charge is 2.41. The number of likely N-dealkylation sites (tertiary alicyclic amines) is 1. The average molecular weight is 502 g/mol. The maximum absolute atomic E-state index is 15.5. The molecule has 9 heteroatoms. The summed E-state index contributed by atoms with van der Waals surface area (Å²) in [6.07, 6.45) is 2.94. The largest absolute Gasteiger partial charge is 0.497 e. The number of methoxy groups -OCH3 is 1. The van der Waals surface area contributed by atoms with Crippen molar-refractivity contribution < 1.29 is 19.0 Å². The zero-order chi connectivity index (χ0) is 24.1. The number of benzene rings is 1. The van der Waals surface area contributed by atoms with E-state index in [1.165, 1.54) is 17.5 Å². The van der Waals surface area contributed by atoms with Crippen LogP contribution in [0.1, 0.15) is 42.4 Å². The maximum atomic E-state index is 15.5. The molecule has 2 aromatic heterocycles. The Balaban J connectivity index is 1.43. The van der Waals surface area contributed by atoms with E-state index in [0.717, 1.165) is 5.01 Å². The van der Waals surface area contributed by atoms with Crippen molar-refractivity contribution in [2.75, 3.05) is 26.7 Å². The van der Waals surface area contributed by atoms with E-state index in [2.05, 4.69) is 26.7 Å². The minimum absolute atomic E-state index is 0.0617. The number of hydrogen-bond acceptors (Lipinski definition) is 6. The van der Waals surface area contributed by atoms with Crippen LogP contribution in [0.3, 0.4) is 0 Å². The van der Waals surface area contributed by atoms with Gasteiger partial charge >= 0.3 is 5.97 Å². The number of ether oxygens (including phenoxy) is 1. The quantitative estimate of drug-likeness (QED) is 0.439. The molecule has 0 amide bonds. The predicted molar refractivity (Wildman–Crippen MR) is 131 cm³/mol. The van der Waals surface area contributed by atoms with Crippen LogP contribution in [0.25, 0.3) is 10.9 Å². The third-order valence-electron chi connectivity index (χ3n) is 6.45. The van der Waals surface area contributed by atoms with Crippen LogP contribution in [-0.4, -0.2) is 52.7 Å². The summed E-state index contributed by atoms with van der Waals surface area (Å²) in [5, 5.41) is 13.5. The van der Waals surface area contributed by atoms with Crippen molar-refractivity contribution in [3.63, 3.8) is 0 Å². The summed E-state index contributed by atoms with van der Waals surface area (Å²) in [6.45, 7) is 1.76. The van der Waals surface area contributed by atoms with Gasteiger partial charge in [-0.15, -0.1) is 11.3 Å². The molecule has 0 saturated carbocycles. The Kier molecular flexibility index (Phi) is 7.67. The van der Waals surface area contributed by atoms with Crippen molar-refractivity contribution in [1.29, 1.82) is 0 Å². The molecule has 4 rings (SSSR count). The van der Waals surface area contributed by atoms with Crippen LogP contribution >= 0.6 is 22.9 Å². The van der Waals surface area contributed by atoms with Gasteiger partial charge < -0.3 is 9.84 Å². The molecule has 1 atom stereocenters. The van der Waals surface area contributed by atoms with E-state index >= 15 is 4.39 Å². The molecule has 0 unspecified atom stereocenters. The van der Waals surface area contributed by atoms with E-state index in [1.54, 1.807) is 31.5 Å². The summed E-state index contributed by atoms with van der Waals surface area (Å²) >= 11 is 7.82. The van der Waals surface area contributed by atoms with Crippen LogP contribution in [-0.2, 0) is 4.79 Å². The first kappa shape index (κ1) is 24.4. The fraction of sp³-hybridized carbons (Fsp3) is 0.400. The highest BCUT2D eigenvalue weighted by molar-refractivity contribution is 7.10. The lowest BCUT2D eigenvalue weighted by molar-refractivity contribution is -0.152. The maximum Gasteiger partial charge on any atom is 0.309 e. The first-order valence-corrected chi connectivity index (χ1v) is 12.3. The Hall–Kier alpha value is -2.73. The highest BCUT2D eigenvalue weighted by atomic mass is 35.5. The first-order valence-electron chi connectivity index (χ1n) is 11.0.